The second-order valence-electron chi connectivity index (χ2n) is 7.51. The van der Waals surface area contributed by atoms with Gasteiger partial charge in [0.2, 0.25) is 10.0 Å². The molecule has 27 heavy (non-hydrogen) atoms. The highest BCUT2D eigenvalue weighted by Crippen LogP contribution is 2.28. The van der Waals surface area contributed by atoms with E-state index in [1.54, 1.807) is 16.6 Å². The first-order chi connectivity index (χ1) is 13.0. The van der Waals surface area contributed by atoms with Gasteiger partial charge in [-0.3, -0.25) is 0 Å². The fraction of sp³-hybridized carbons (Fsp3) is 0.400. The Hall–Kier alpha value is -2.25. The van der Waals surface area contributed by atoms with Crippen LogP contribution in [0.1, 0.15) is 40.9 Å². The molecule has 0 saturated heterocycles. The van der Waals surface area contributed by atoms with Crippen molar-refractivity contribution in [2.45, 2.75) is 50.5 Å². The van der Waals surface area contributed by atoms with E-state index in [9.17, 15) is 8.42 Å². The predicted octanol–water partition coefficient (Wildman–Crippen LogP) is 2.66. The van der Waals surface area contributed by atoms with Gasteiger partial charge in [-0.05, 0) is 55.9 Å². The quantitative estimate of drug-likeness (QED) is 0.683. The maximum absolute atomic E-state index is 13.2. The van der Waals surface area contributed by atoms with Crippen LogP contribution in [0.25, 0.3) is 5.65 Å². The number of hydrogen-bond acceptors (Lipinski definition) is 4. The van der Waals surface area contributed by atoms with Crippen molar-refractivity contribution in [2.24, 2.45) is 0 Å². The summed E-state index contributed by atoms with van der Waals surface area (Å²) in [7, 11) is -3.51. The first-order valence-corrected chi connectivity index (χ1v) is 10.9. The molecule has 140 valence electrons. The highest BCUT2D eigenvalue weighted by Gasteiger charge is 2.30. The van der Waals surface area contributed by atoms with Crippen LogP contribution in [0.3, 0.4) is 0 Å². The van der Waals surface area contributed by atoms with E-state index in [1.165, 1.54) is 17.5 Å². The highest BCUT2D eigenvalue weighted by molar-refractivity contribution is 7.89. The van der Waals surface area contributed by atoms with Gasteiger partial charge in [-0.15, -0.1) is 0 Å². The molecule has 0 N–H and O–H groups in total. The lowest BCUT2D eigenvalue weighted by atomic mass is 9.92. The number of aromatic nitrogens is 3. The van der Waals surface area contributed by atoms with Crippen LogP contribution < -0.4 is 0 Å². The lowest BCUT2D eigenvalue weighted by Gasteiger charge is -2.28. The fourth-order valence-corrected chi connectivity index (χ4v) is 5.72. The molecule has 6 nitrogen and oxygen atoms in total. The van der Waals surface area contributed by atoms with Crippen LogP contribution in [0, 0.1) is 6.92 Å². The maximum atomic E-state index is 13.2. The molecule has 0 atom stereocenters. The third kappa shape index (κ3) is 2.76. The number of sulfonamides is 1. The number of nitrogens with zero attached hydrogens (tertiary/aromatic N) is 4. The van der Waals surface area contributed by atoms with Gasteiger partial charge in [0.1, 0.15) is 0 Å². The highest BCUT2D eigenvalue weighted by atomic mass is 32.2. The van der Waals surface area contributed by atoms with Crippen molar-refractivity contribution in [1.29, 1.82) is 0 Å². The Kier molecular flexibility index (Phi) is 3.84. The van der Waals surface area contributed by atoms with Crippen LogP contribution in [0.2, 0.25) is 0 Å². The van der Waals surface area contributed by atoms with Crippen LogP contribution in [0.5, 0.6) is 0 Å². The van der Waals surface area contributed by atoms with E-state index in [4.69, 9.17) is 0 Å². The Labute approximate surface area is 158 Å². The molecule has 0 fully saturated rings. The molecule has 1 aliphatic carbocycles. The van der Waals surface area contributed by atoms with Gasteiger partial charge in [0.15, 0.2) is 5.65 Å². The van der Waals surface area contributed by atoms with Gasteiger partial charge in [0.25, 0.3) is 0 Å². The van der Waals surface area contributed by atoms with E-state index >= 15 is 0 Å². The minimum atomic E-state index is -3.51. The summed E-state index contributed by atoms with van der Waals surface area (Å²) in [6.45, 7) is 2.75. The fourth-order valence-electron chi connectivity index (χ4n) is 4.25. The number of hydrogen-bond donors (Lipinski definition) is 0. The normalized spacial score (nSPS) is 17.7. The Bertz CT molecular complexity index is 1150. The first-order valence-electron chi connectivity index (χ1n) is 9.47. The summed E-state index contributed by atoms with van der Waals surface area (Å²) in [5.74, 6) is 0. The van der Waals surface area contributed by atoms with Gasteiger partial charge in [-0.2, -0.15) is 9.40 Å². The van der Waals surface area contributed by atoms with Crippen molar-refractivity contribution >= 4 is 15.7 Å². The van der Waals surface area contributed by atoms with Crippen molar-refractivity contribution in [3.63, 3.8) is 0 Å². The Balaban J connectivity index is 1.49. The summed E-state index contributed by atoms with van der Waals surface area (Å²) in [5, 5.41) is 4.51. The molecule has 3 aromatic rings. The van der Waals surface area contributed by atoms with Crippen molar-refractivity contribution < 1.29 is 8.42 Å². The molecular formula is C20H22N4O2S. The summed E-state index contributed by atoms with van der Waals surface area (Å²) in [4.78, 5) is 4.85. The number of benzene rings is 1. The molecular weight excluding hydrogens is 360 g/mol. The number of fused-ring (bicyclic) bond motifs is 4. The summed E-state index contributed by atoms with van der Waals surface area (Å²) < 4.78 is 29.9. The summed E-state index contributed by atoms with van der Waals surface area (Å²) in [6.07, 6.45) is 6.79. The first kappa shape index (κ1) is 16.9. The van der Waals surface area contributed by atoms with Gasteiger partial charge in [0, 0.05) is 37.3 Å². The molecule has 0 unspecified atom stereocenters. The zero-order valence-electron chi connectivity index (χ0n) is 15.4. The topological polar surface area (TPSA) is 67.6 Å². The van der Waals surface area contributed by atoms with E-state index in [2.05, 4.69) is 10.1 Å². The molecule has 2 aromatic heterocycles. The summed E-state index contributed by atoms with van der Waals surface area (Å²) >= 11 is 0. The third-order valence-corrected chi connectivity index (χ3v) is 7.54. The number of aryl methyl sites for hydroxylation is 3. The predicted molar refractivity (Wildman–Crippen MR) is 102 cm³/mol. The molecule has 0 radical (unpaired) electrons. The standard InChI is InChI=1S/C20H22N4O2S/c1-14-10-20-21-12-17-13-23(9-8-19(17)24(20)22-14)27(25,26)18-7-6-15-4-2-3-5-16(15)11-18/h6-7,10-12H,2-5,8-9,13H2,1H3. The van der Waals surface area contributed by atoms with Crippen LogP contribution in [0.4, 0.5) is 0 Å². The van der Waals surface area contributed by atoms with Gasteiger partial charge >= 0.3 is 0 Å². The Morgan fingerprint density at radius 3 is 2.67 bits per heavy atom. The van der Waals surface area contributed by atoms with E-state index in [-0.39, 0.29) is 0 Å². The third-order valence-electron chi connectivity index (χ3n) is 5.69. The molecule has 1 aliphatic heterocycles. The molecule has 3 heterocycles. The van der Waals surface area contributed by atoms with Crippen molar-refractivity contribution in [3.8, 4) is 0 Å². The minimum absolute atomic E-state index is 0.344. The molecule has 2 aliphatic rings. The van der Waals surface area contributed by atoms with Gasteiger partial charge < -0.3 is 0 Å². The van der Waals surface area contributed by atoms with E-state index in [0.29, 0.717) is 24.4 Å². The molecule has 7 heteroatoms. The summed E-state index contributed by atoms with van der Waals surface area (Å²) in [6, 6.07) is 7.60. The van der Waals surface area contributed by atoms with Gasteiger partial charge in [0.05, 0.1) is 16.3 Å². The van der Waals surface area contributed by atoms with Crippen LogP contribution in [-0.2, 0) is 35.8 Å². The van der Waals surface area contributed by atoms with Gasteiger partial charge in [-0.25, -0.2) is 17.9 Å². The smallest absolute Gasteiger partial charge is 0.237 e. The molecule has 0 saturated carbocycles. The van der Waals surface area contributed by atoms with E-state index < -0.39 is 10.0 Å². The van der Waals surface area contributed by atoms with Crippen molar-refractivity contribution in [2.75, 3.05) is 6.54 Å². The lowest BCUT2D eigenvalue weighted by Crippen LogP contribution is -2.37. The molecule has 0 bridgehead atoms. The molecule has 0 amide bonds. The van der Waals surface area contributed by atoms with Crippen LogP contribution in [0.15, 0.2) is 35.4 Å². The monoisotopic (exact) mass is 382 g/mol. The average molecular weight is 382 g/mol. The van der Waals surface area contributed by atoms with Crippen molar-refractivity contribution in [3.05, 3.63) is 58.5 Å². The van der Waals surface area contributed by atoms with Crippen LogP contribution >= 0.6 is 0 Å². The van der Waals surface area contributed by atoms with Crippen molar-refractivity contribution in [1.82, 2.24) is 18.9 Å². The maximum Gasteiger partial charge on any atom is 0.243 e. The second-order valence-corrected chi connectivity index (χ2v) is 9.45. The SMILES string of the molecule is Cc1cc2ncc3c(n2n1)CCN(S(=O)(=O)c1ccc2c(c1)CCCC2)C3. The average Bonchev–Trinajstić information content (AvgIpc) is 3.08. The van der Waals surface area contributed by atoms with E-state index in [0.717, 1.165) is 41.9 Å². The van der Waals surface area contributed by atoms with E-state index in [1.807, 2.05) is 29.6 Å². The lowest BCUT2D eigenvalue weighted by molar-refractivity contribution is 0.384. The van der Waals surface area contributed by atoms with Gasteiger partial charge in [-0.1, -0.05) is 6.07 Å². The largest absolute Gasteiger partial charge is 0.243 e. The van der Waals surface area contributed by atoms with Crippen LogP contribution in [-0.4, -0.2) is 33.9 Å². The molecule has 1 aromatic carbocycles. The zero-order valence-corrected chi connectivity index (χ0v) is 16.2. The second kappa shape index (κ2) is 6.14. The minimum Gasteiger partial charge on any atom is -0.237 e. The summed E-state index contributed by atoms with van der Waals surface area (Å²) in [5.41, 5.74) is 6.21. The molecule has 5 rings (SSSR count). The Morgan fingerprint density at radius 2 is 1.81 bits per heavy atom. The molecule has 0 spiro atoms. The number of rotatable bonds is 2. The Morgan fingerprint density at radius 1 is 1.00 bits per heavy atom. The zero-order chi connectivity index (χ0) is 18.6.